The quantitative estimate of drug-likeness (QED) is 0.940. The maximum atomic E-state index is 11.7. The summed E-state index contributed by atoms with van der Waals surface area (Å²) in [4.78, 5) is 16.5. The van der Waals surface area contributed by atoms with Gasteiger partial charge in [0, 0.05) is 23.6 Å². The third kappa shape index (κ3) is 2.83. The van der Waals surface area contributed by atoms with Crippen LogP contribution in [-0.2, 0) is 0 Å². The van der Waals surface area contributed by atoms with E-state index >= 15 is 0 Å². The highest BCUT2D eigenvalue weighted by atomic mass is 32.2. The van der Waals surface area contributed by atoms with Gasteiger partial charge in [-0.25, -0.2) is 4.98 Å². The SMILES string of the molecule is CCS[C@H]1CCCC[C@@H]1Nc1nn2c(=O)ccnc2s1. The van der Waals surface area contributed by atoms with Gasteiger partial charge < -0.3 is 5.32 Å². The zero-order valence-corrected chi connectivity index (χ0v) is 13.0. The van der Waals surface area contributed by atoms with Crippen LogP contribution in [0, 0.1) is 0 Å². The van der Waals surface area contributed by atoms with Crippen molar-refractivity contribution < 1.29 is 0 Å². The third-order valence-corrected chi connectivity index (χ3v) is 5.74. The fourth-order valence-corrected chi connectivity index (χ4v) is 4.67. The molecule has 7 heteroatoms. The molecule has 1 fully saturated rings. The fraction of sp³-hybridized carbons (Fsp3) is 0.615. The second kappa shape index (κ2) is 6.13. The first-order valence-corrected chi connectivity index (χ1v) is 8.87. The van der Waals surface area contributed by atoms with E-state index in [2.05, 4.69) is 22.3 Å². The van der Waals surface area contributed by atoms with Gasteiger partial charge in [0.2, 0.25) is 10.1 Å². The first-order valence-electron chi connectivity index (χ1n) is 7.01. The molecular weight excluding hydrogens is 292 g/mol. The van der Waals surface area contributed by atoms with Crippen molar-refractivity contribution >= 4 is 33.2 Å². The lowest BCUT2D eigenvalue weighted by Crippen LogP contribution is -2.34. The maximum Gasteiger partial charge on any atom is 0.275 e. The lowest BCUT2D eigenvalue weighted by molar-refractivity contribution is 0.474. The van der Waals surface area contributed by atoms with Crippen LogP contribution >= 0.6 is 23.1 Å². The molecule has 2 atom stereocenters. The average Bonchev–Trinajstić information content (AvgIpc) is 2.85. The Labute approximate surface area is 125 Å². The number of thioether (sulfide) groups is 1. The van der Waals surface area contributed by atoms with Crippen molar-refractivity contribution in [1.29, 1.82) is 0 Å². The van der Waals surface area contributed by atoms with E-state index in [1.807, 2.05) is 11.8 Å². The Bertz CT molecular complexity index is 637. The second-order valence-corrected chi connectivity index (χ2v) is 7.39. The first kappa shape index (κ1) is 13.9. The molecule has 0 unspecified atom stereocenters. The third-order valence-electron chi connectivity index (χ3n) is 3.56. The molecule has 2 aromatic heterocycles. The van der Waals surface area contributed by atoms with Crippen LogP contribution in [0.3, 0.4) is 0 Å². The molecule has 20 heavy (non-hydrogen) atoms. The van der Waals surface area contributed by atoms with Gasteiger partial charge in [-0.1, -0.05) is 31.1 Å². The van der Waals surface area contributed by atoms with Crippen LogP contribution in [0.25, 0.3) is 4.96 Å². The van der Waals surface area contributed by atoms with E-state index in [-0.39, 0.29) is 5.56 Å². The molecule has 0 bridgehead atoms. The highest BCUT2D eigenvalue weighted by Crippen LogP contribution is 2.31. The Hall–Kier alpha value is -1.08. The van der Waals surface area contributed by atoms with Crippen molar-refractivity contribution in [1.82, 2.24) is 14.6 Å². The van der Waals surface area contributed by atoms with Crippen LogP contribution in [0.15, 0.2) is 17.1 Å². The minimum Gasteiger partial charge on any atom is -0.356 e. The summed E-state index contributed by atoms with van der Waals surface area (Å²) < 4.78 is 1.37. The molecule has 0 amide bonds. The number of aromatic nitrogens is 3. The van der Waals surface area contributed by atoms with Crippen LogP contribution in [0.2, 0.25) is 0 Å². The molecule has 1 aliphatic rings. The lowest BCUT2D eigenvalue weighted by atomic mass is 9.95. The van der Waals surface area contributed by atoms with Gasteiger partial charge in [0.25, 0.3) is 5.56 Å². The molecule has 1 saturated carbocycles. The van der Waals surface area contributed by atoms with Crippen LogP contribution in [-0.4, -0.2) is 31.6 Å². The topological polar surface area (TPSA) is 59.3 Å². The largest absolute Gasteiger partial charge is 0.356 e. The van der Waals surface area contributed by atoms with Crippen molar-refractivity contribution in [2.75, 3.05) is 11.1 Å². The summed E-state index contributed by atoms with van der Waals surface area (Å²) in [6, 6.07) is 1.89. The summed E-state index contributed by atoms with van der Waals surface area (Å²) in [5.74, 6) is 1.14. The van der Waals surface area contributed by atoms with E-state index in [4.69, 9.17) is 0 Å². The summed E-state index contributed by atoms with van der Waals surface area (Å²) >= 11 is 3.47. The lowest BCUT2D eigenvalue weighted by Gasteiger charge is -2.31. The standard InChI is InChI=1S/C13H18N4OS2/c1-2-19-10-6-4-3-5-9(10)15-12-16-17-11(18)7-8-14-13(17)20-12/h7-10H,2-6H2,1H3,(H,15,16)/t9-,10-/m0/s1. The van der Waals surface area contributed by atoms with Crippen LogP contribution < -0.4 is 10.9 Å². The predicted octanol–water partition coefficient (Wildman–Crippen LogP) is 2.63. The number of hydrogen-bond acceptors (Lipinski definition) is 6. The maximum absolute atomic E-state index is 11.7. The first-order chi connectivity index (χ1) is 9.78. The highest BCUT2D eigenvalue weighted by Gasteiger charge is 2.25. The van der Waals surface area contributed by atoms with E-state index in [1.165, 1.54) is 53.8 Å². The molecule has 3 rings (SSSR count). The van der Waals surface area contributed by atoms with Gasteiger partial charge in [-0.3, -0.25) is 4.79 Å². The van der Waals surface area contributed by atoms with Crippen molar-refractivity contribution in [3.8, 4) is 0 Å². The van der Waals surface area contributed by atoms with Gasteiger partial charge in [0.15, 0.2) is 0 Å². The van der Waals surface area contributed by atoms with Gasteiger partial charge in [-0.15, -0.1) is 5.10 Å². The Balaban J connectivity index is 1.81. The molecule has 5 nitrogen and oxygen atoms in total. The van der Waals surface area contributed by atoms with Crippen LogP contribution in [0.4, 0.5) is 5.13 Å². The predicted molar refractivity (Wildman–Crippen MR) is 84.9 cm³/mol. The smallest absolute Gasteiger partial charge is 0.275 e. The number of anilines is 1. The summed E-state index contributed by atoms with van der Waals surface area (Å²) in [6.45, 7) is 2.21. The van der Waals surface area contributed by atoms with E-state index < -0.39 is 0 Å². The van der Waals surface area contributed by atoms with E-state index in [9.17, 15) is 4.79 Å². The molecule has 1 aliphatic carbocycles. The Morgan fingerprint density at radius 3 is 3.15 bits per heavy atom. The minimum atomic E-state index is -0.123. The Kier molecular flexibility index (Phi) is 4.26. The summed E-state index contributed by atoms with van der Waals surface area (Å²) in [7, 11) is 0. The molecule has 0 radical (unpaired) electrons. The second-order valence-electron chi connectivity index (χ2n) is 4.91. The van der Waals surface area contributed by atoms with E-state index in [1.54, 1.807) is 0 Å². The molecule has 0 saturated heterocycles. The summed E-state index contributed by atoms with van der Waals surface area (Å²) in [5.41, 5.74) is -0.123. The molecule has 0 aromatic carbocycles. The van der Waals surface area contributed by atoms with Crippen molar-refractivity contribution in [3.63, 3.8) is 0 Å². The summed E-state index contributed by atoms with van der Waals surface area (Å²) in [5, 5.41) is 9.30. The summed E-state index contributed by atoms with van der Waals surface area (Å²) in [6.07, 6.45) is 6.56. The van der Waals surface area contributed by atoms with Gasteiger partial charge in [-0.2, -0.15) is 16.3 Å². The Morgan fingerprint density at radius 2 is 2.35 bits per heavy atom. The normalized spacial score (nSPS) is 23.1. The molecule has 1 N–H and O–H groups in total. The monoisotopic (exact) mass is 310 g/mol. The Morgan fingerprint density at radius 1 is 1.50 bits per heavy atom. The molecule has 0 spiro atoms. The number of fused-ring (bicyclic) bond motifs is 1. The fourth-order valence-electron chi connectivity index (χ4n) is 2.64. The number of hydrogen-bond donors (Lipinski definition) is 1. The molecule has 108 valence electrons. The molecular formula is C13H18N4OS2. The molecule has 2 heterocycles. The van der Waals surface area contributed by atoms with Gasteiger partial charge in [-0.05, 0) is 18.6 Å². The zero-order valence-electron chi connectivity index (χ0n) is 11.4. The van der Waals surface area contributed by atoms with Gasteiger partial charge >= 0.3 is 0 Å². The number of rotatable bonds is 4. The van der Waals surface area contributed by atoms with Crippen molar-refractivity contribution in [2.24, 2.45) is 0 Å². The number of nitrogens with one attached hydrogen (secondary N) is 1. The van der Waals surface area contributed by atoms with Crippen molar-refractivity contribution in [2.45, 2.75) is 43.9 Å². The minimum absolute atomic E-state index is 0.123. The van der Waals surface area contributed by atoms with Gasteiger partial charge in [0.1, 0.15) is 0 Å². The number of nitrogens with zero attached hydrogens (tertiary/aromatic N) is 3. The van der Waals surface area contributed by atoms with Gasteiger partial charge in [0.05, 0.1) is 0 Å². The van der Waals surface area contributed by atoms with Crippen LogP contribution in [0.5, 0.6) is 0 Å². The molecule has 0 aliphatic heterocycles. The van der Waals surface area contributed by atoms with E-state index in [0.29, 0.717) is 16.3 Å². The van der Waals surface area contributed by atoms with E-state index in [0.717, 1.165) is 10.9 Å². The van der Waals surface area contributed by atoms with Crippen molar-refractivity contribution in [3.05, 3.63) is 22.6 Å². The van der Waals surface area contributed by atoms with Crippen LogP contribution in [0.1, 0.15) is 32.6 Å². The zero-order chi connectivity index (χ0) is 13.9. The highest BCUT2D eigenvalue weighted by molar-refractivity contribution is 7.99. The molecule has 2 aromatic rings. The average molecular weight is 310 g/mol.